The van der Waals surface area contributed by atoms with E-state index in [0.29, 0.717) is 0 Å². The van der Waals surface area contributed by atoms with E-state index in [0.717, 1.165) is 46.1 Å². The summed E-state index contributed by atoms with van der Waals surface area (Å²) in [5, 5.41) is 0.792. The van der Waals surface area contributed by atoms with Gasteiger partial charge in [0, 0.05) is 11.4 Å². The maximum atomic E-state index is 6.45. The molecular formula is C17H18ClNO. The van der Waals surface area contributed by atoms with E-state index in [4.69, 9.17) is 22.1 Å². The number of rotatable bonds is 2. The Bertz CT molecular complexity index is 666. The Morgan fingerprint density at radius 3 is 2.75 bits per heavy atom. The SMILES string of the molecule is Cc1cc(C(N)c2ccc3c(c2)CCO3)c(C)cc1Cl. The van der Waals surface area contributed by atoms with E-state index < -0.39 is 0 Å². The van der Waals surface area contributed by atoms with Crippen molar-refractivity contribution in [1.82, 2.24) is 0 Å². The lowest BCUT2D eigenvalue weighted by molar-refractivity contribution is 0.357. The molecule has 0 radical (unpaired) electrons. The van der Waals surface area contributed by atoms with Crippen molar-refractivity contribution >= 4 is 11.6 Å². The number of aryl methyl sites for hydroxylation is 2. The molecule has 0 bridgehead atoms. The fourth-order valence-corrected chi connectivity index (χ4v) is 2.94. The molecule has 3 rings (SSSR count). The number of hydrogen-bond acceptors (Lipinski definition) is 2. The molecule has 3 heteroatoms. The van der Waals surface area contributed by atoms with Gasteiger partial charge in [-0.1, -0.05) is 29.8 Å². The first-order valence-corrected chi connectivity index (χ1v) is 7.22. The fraction of sp³-hybridized carbons (Fsp3) is 0.294. The van der Waals surface area contributed by atoms with Gasteiger partial charge in [-0.15, -0.1) is 0 Å². The third-order valence-electron chi connectivity index (χ3n) is 3.95. The minimum atomic E-state index is -0.128. The predicted molar refractivity (Wildman–Crippen MR) is 82.6 cm³/mol. The van der Waals surface area contributed by atoms with Crippen LogP contribution in [0.2, 0.25) is 5.02 Å². The van der Waals surface area contributed by atoms with Gasteiger partial charge in [-0.2, -0.15) is 0 Å². The maximum Gasteiger partial charge on any atom is 0.122 e. The minimum Gasteiger partial charge on any atom is -0.493 e. The minimum absolute atomic E-state index is 0.128. The summed E-state index contributed by atoms with van der Waals surface area (Å²) < 4.78 is 5.54. The molecule has 1 aliphatic heterocycles. The molecule has 1 unspecified atom stereocenters. The molecule has 1 heterocycles. The molecular weight excluding hydrogens is 270 g/mol. The van der Waals surface area contributed by atoms with Crippen molar-refractivity contribution in [2.24, 2.45) is 5.73 Å². The summed E-state index contributed by atoms with van der Waals surface area (Å²) in [4.78, 5) is 0. The highest BCUT2D eigenvalue weighted by molar-refractivity contribution is 6.31. The van der Waals surface area contributed by atoms with Crippen molar-refractivity contribution in [3.63, 3.8) is 0 Å². The number of benzene rings is 2. The zero-order valence-electron chi connectivity index (χ0n) is 11.7. The van der Waals surface area contributed by atoms with Crippen LogP contribution in [0.25, 0.3) is 0 Å². The average Bonchev–Trinajstić information content (AvgIpc) is 2.89. The van der Waals surface area contributed by atoms with Crippen LogP contribution >= 0.6 is 11.6 Å². The lowest BCUT2D eigenvalue weighted by Crippen LogP contribution is -2.13. The molecule has 0 aliphatic carbocycles. The molecule has 104 valence electrons. The smallest absolute Gasteiger partial charge is 0.122 e. The van der Waals surface area contributed by atoms with Crippen LogP contribution in [-0.4, -0.2) is 6.61 Å². The molecule has 0 amide bonds. The van der Waals surface area contributed by atoms with Crippen molar-refractivity contribution < 1.29 is 4.74 Å². The summed E-state index contributed by atoms with van der Waals surface area (Å²) in [6.07, 6.45) is 0.967. The van der Waals surface area contributed by atoms with E-state index in [1.807, 2.05) is 19.1 Å². The first kappa shape index (κ1) is 13.5. The molecule has 1 aliphatic rings. The second kappa shape index (κ2) is 5.12. The van der Waals surface area contributed by atoms with Crippen LogP contribution in [-0.2, 0) is 6.42 Å². The third kappa shape index (κ3) is 2.30. The Balaban J connectivity index is 2.00. The van der Waals surface area contributed by atoms with Gasteiger partial charge < -0.3 is 10.5 Å². The van der Waals surface area contributed by atoms with Gasteiger partial charge in [0.2, 0.25) is 0 Å². The Labute approximate surface area is 124 Å². The van der Waals surface area contributed by atoms with Gasteiger partial charge in [-0.25, -0.2) is 0 Å². The highest BCUT2D eigenvalue weighted by Crippen LogP contribution is 2.32. The van der Waals surface area contributed by atoms with E-state index >= 15 is 0 Å². The maximum absolute atomic E-state index is 6.45. The van der Waals surface area contributed by atoms with Gasteiger partial charge in [0.25, 0.3) is 0 Å². The molecule has 0 fully saturated rings. The van der Waals surface area contributed by atoms with Crippen LogP contribution in [0.15, 0.2) is 30.3 Å². The zero-order chi connectivity index (χ0) is 14.3. The van der Waals surface area contributed by atoms with E-state index in [1.165, 1.54) is 5.56 Å². The second-order valence-electron chi connectivity index (χ2n) is 5.40. The highest BCUT2D eigenvalue weighted by Gasteiger charge is 2.17. The molecule has 2 N–H and O–H groups in total. The fourth-order valence-electron chi connectivity index (χ4n) is 2.72. The van der Waals surface area contributed by atoms with Crippen molar-refractivity contribution in [3.05, 3.63) is 63.2 Å². The van der Waals surface area contributed by atoms with E-state index in [-0.39, 0.29) is 6.04 Å². The van der Waals surface area contributed by atoms with E-state index in [9.17, 15) is 0 Å². The van der Waals surface area contributed by atoms with Gasteiger partial charge in [-0.05, 0) is 53.8 Å². The first-order chi connectivity index (χ1) is 9.56. The van der Waals surface area contributed by atoms with Crippen molar-refractivity contribution in [2.45, 2.75) is 26.3 Å². The molecule has 0 aromatic heterocycles. The predicted octanol–water partition coefficient (Wildman–Crippen LogP) is 3.94. The van der Waals surface area contributed by atoms with Gasteiger partial charge in [0.1, 0.15) is 5.75 Å². The Morgan fingerprint density at radius 2 is 1.95 bits per heavy atom. The number of hydrogen-bond donors (Lipinski definition) is 1. The summed E-state index contributed by atoms with van der Waals surface area (Å²) in [5.74, 6) is 0.991. The molecule has 1 atom stereocenters. The van der Waals surface area contributed by atoms with Gasteiger partial charge in [0.05, 0.1) is 12.6 Å². The largest absolute Gasteiger partial charge is 0.493 e. The van der Waals surface area contributed by atoms with Crippen LogP contribution in [0.3, 0.4) is 0 Å². The third-order valence-corrected chi connectivity index (χ3v) is 4.36. The van der Waals surface area contributed by atoms with E-state index in [2.05, 4.69) is 25.1 Å². The lowest BCUT2D eigenvalue weighted by Gasteiger charge is -2.17. The van der Waals surface area contributed by atoms with Crippen molar-refractivity contribution in [2.75, 3.05) is 6.61 Å². The summed E-state index contributed by atoms with van der Waals surface area (Å²) in [5.41, 5.74) is 12.1. The first-order valence-electron chi connectivity index (χ1n) is 6.84. The van der Waals surface area contributed by atoms with Crippen molar-refractivity contribution in [1.29, 1.82) is 0 Å². The zero-order valence-corrected chi connectivity index (χ0v) is 12.5. The molecule has 2 aromatic rings. The molecule has 0 saturated carbocycles. The second-order valence-corrected chi connectivity index (χ2v) is 5.81. The normalized spacial score (nSPS) is 14.8. The lowest BCUT2D eigenvalue weighted by atomic mass is 9.93. The summed E-state index contributed by atoms with van der Waals surface area (Å²) in [7, 11) is 0. The Kier molecular flexibility index (Phi) is 3.45. The van der Waals surface area contributed by atoms with Gasteiger partial charge in [0.15, 0.2) is 0 Å². The molecule has 0 saturated heterocycles. The summed E-state index contributed by atoms with van der Waals surface area (Å²) >= 11 is 6.16. The van der Waals surface area contributed by atoms with Crippen LogP contribution in [0.4, 0.5) is 0 Å². The Hall–Kier alpha value is -1.51. The van der Waals surface area contributed by atoms with Gasteiger partial charge >= 0.3 is 0 Å². The number of ether oxygens (including phenoxy) is 1. The molecule has 2 aromatic carbocycles. The monoisotopic (exact) mass is 287 g/mol. The summed E-state index contributed by atoms with van der Waals surface area (Å²) in [6, 6.07) is 10.2. The molecule has 20 heavy (non-hydrogen) atoms. The quantitative estimate of drug-likeness (QED) is 0.908. The molecule has 2 nitrogen and oxygen atoms in total. The van der Waals surface area contributed by atoms with Crippen LogP contribution < -0.4 is 10.5 Å². The topological polar surface area (TPSA) is 35.2 Å². The van der Waals surface area contributed by atoms with Crippen LogP contribution in [0, 0.1) is 13.8 Å². The average molecular weight is 288 g/mol. The molecule has 0 spiro atoms. The highest BCUT2D eigenvalue weighted by atomic mass is 35.5. The van der Waals surface area contributed by atoms with Crippen molar-refractivity contribution in [3.8, 4) is 5.75 Å². The van der Waals surface area contributed by atoms with Crippen LogP contribution in [0.1, 0.15) is 33.9 Å². The summed E-state index contributed by atoms with van der Waals surface area (Å²) in [6.45, 7) is 4.83. The number of nitrogens with two attached hydrogens (primary N) is 1. The van der Waals surface area contributed by atoms with Gasteiger partial charge in [-0.3, -0.25) is 0 Å². The number of fused-ring (bicyclic) bond motifs is 1. The van der Waals surface area contributed by atoms with E-state index in [1.54, 1.807) is 0 Å². The van der Waals surface area contributed by atoms with Crippen LogP contribution in [0.5, 0.6) is 5.75 Å². The Morgan fingerprint density at radius 1 is 1.15 bits per heavy atom. The number of halogens is 1. The standard InChI is InChI=1S/C17H18ClNO/c1-10-8-15(18)11(2)7-14(10)17(19)13-3-4-16-12(9-13)5-6-20-16/h3-4,7-9,17H,5-6,19H2,1-2H3.